The maximum atomic E-state index is 12.4. The van der Waals surface area contributed by atoms with E-state index >= 15 is 0 Å². The first-order valence-corrected chi connectivity index (χ1v) is 9.60. The van der Waals surface area contributed by atoms with E-state index < -0.39 is 0 Å². The summed E-state index contributed by atoms with van der Waals surface area (Å²) in [5.74, 6) is 0.115. The minimum Gasteiger partial charge on any atom is -0.375 e. The van der Waals surface area contributed by atoms with Gasteiger partial charge < -0.3 is 15.1 Å². The molecule has 3 rings (SSSR count). The maximum Gasteiger partial charge on any atom is 0.239 e. The van der Waals surface area contributed by atoms with E-state index in [-0.39, 0.29) is 5.91 Å². The van der Waals surface area contributed by atoms with Gasteiger partial charge in [-0.15, -0.1) is 0 Å². The predicted molar refractivity (Wildman–Crippen MR) is 109 cm³/mol. The van der Waals surface area contributed by atoms with Crippen LogP contribution in [0, 0.1) is 0 Å². The highest BCUT2D eigenvalue weighted by Gasteiger charge is 2.17. The van der Waals surface area contributed by atoms with E-state index in [1.165, 1.54) is 23.4 Å². The van der Waals surface area contributed by atoms with Crippen LogP contribution in [0.4, 0.5) is 11.4 Å². The van der Waals surface area contributed by atoms with Crippen molar-refractivity contribution in [3.63, 3.8) is 0 Å². The maximum absolute atomic E-state index is 12.4. The van der Waals surface area contributed by atoms with Crippen LogP contribution in [-0.4, -0.2) is 39.1 Å². The lowest BCUT2D eigenvalue weighted by Crippen LogP contribution is -2.38. The largest absolute Gasteiger partial charge is 0.375 e. The Morgan fingerprint density at radius 2 is 1.85 bits per heavy atom. The molecule has 4 heteroatoms. The van der Waals surface area contributed by atoms with Crippen LogP contribution in [0.5, 0.6) is 0 Å². The Morgan fingerprint density at radius 3 is 2.69 bits per heavy atom. The lowest BCUT2D eigenvalue weighted by atomic mass is 10.1. The number of carbonyl (C=O) groups is 1. The second-order valence-corrected chi connectivity index (χ2v) is 6.97. The molecular weight excluding hydrogens is 322 g/mol. The molecule has 1 aliphatic heterocycles. The van der Waals surface area contributed by atoms with Gasteiger partial charge in [-0.05, 0) is 49.4 Å². The summed E-state index contributed by atoms with van der Waals surface area (Å²) in [7, 11) is 2.09. The van der Waals surface area contributed by atoms with Gasteiger partial charge in [-0.3, -0.25) is 4.79 Å². The van der Waals surface area contributed by atoms with Crippen molar-refractivity contribution in [2.24, 2.45) is 0 Å². The van der Waals surface area contributed by atoms with Gasteiger partial charge in [0.1, 0.15) is 0 Å². The highest BCUT2D eigenvalue weighted by molar-refractivity contribution is 5.81. The Kier molecular flexibility index (Phi) is 6.53. The van der Waals surface area contributed by atoms with Crippen LogP contribution >= 0.6 is 0 Å². The van der Waals surface area contributed by atoms with Gasteiger partial charge in [-0.2, -0.15) is 0 Å². The fraction of sp³-hybridized carbons (Fsp3) is 0.409. The van der Waals surface area contributed by atoms with Crippen LogP contribution in [0.2, 0.25) is 0 Å². The summed E-state index contributed by atoms with van der Waals surface area (Å²) in [4.78, 5) is 16.8. The summed E-state index contributed by atoms with van der Waals surface area (Å²) in [6.07, 6.45) is 4.39. The summed E-state index contributed by atoms with van der Waals surface area (Å²) >= 11 is 0. The van der Waals surface area contributed by atoms with Crippen molar-refractivity contribution < 1.29 is 4.79 Å². The van der Waals surface area contributed by atoms with Crippen molar-refractivity contribution in [3.05, 3.63) is 60.2 Å². The summed E-state index contributed by atoms with van der Waals surface area (Å²) < 4.78 is 0. The van der Waals surface area contributed by atoms with E-state index in [4.69, 9.17) is 0 Å². The molecule has 138 valence electrons. The fourth-order valence-corrected chi connectivity index (χ4v) is 3.52. The zero-order valence-electron chi connectivity index (χ0n) is 15.7. The molecule has 0 atom stereocenters. The summed E-state index contributed by atoms with van der Waals surface area (Å²) in [5.41, 5.74) is 3.80. The van der Waals surface area contributed by atoms with E-state index in [0.717, 1.165) is 32.4 Å². The molecule has 0 bridgehead atoms. The highest BCUT2D eigenvalue weighted by Crippen LogP contribution is 2.25. The van der Waals surface area contributed by atoms with E-state index in [1.54, 1.807) is 0 Å². The predicted octanol–water partition coefficient (Wildman–Crippen LogP) is 3.47. The monoisotopic (exact) mass is 351 g/mol. The third-order valence-corrected chi connectivity index (χ3v) is 4.98. The van der Waals surface area contributed by atoms with E-state index in [9.17, 15) is 4.79 Å². The van der Waals surface area contributed by atoms with Gasteiger partial charge in [0, 0.05) is 38.1 Å². The number of para-hydroxylation sites is 2. The molecule has 0 saturated carbocycles. The molecule has 2 aromatic rings. The molecule has 0 aliphatic carbocycles. The third-order valence-electron chi connectivity index (χ3n) is 4.98. The Bertz CT molecular complexity index is 702. The quantitative estimate of drug-likeness (QED) is 0.776. The summed E-state index contributed by atoms with van der Waals surface area (Å²) in [6, 6.07) is 18.8. The minimum absolute atomic E-state index is 0.115. The number of carbonyl (C=O) groups excluding carboxylic acids is 1. The number of nitrogens with one attached hydrogen (secondary N) is 1. The Hall–Kier alpha value is -2.49. The summed E-state index contributed by atoms with van der Waals surface area (Å²) in [5, 5.41) is 3.08. The average Bonchev–Trinajstić information content (AvgIpc) is 2.88. The highest BCUT2D eigenvalue weighted by atomic mass is 16.2. The van der Waals surface area contributed by atoms with Crippen LogP contribution in [0.1, 0.15) is 24.8 Å². The first-order valence-electron chi connectivity index (χ1n) is 9.60. The van der Waals surface area contributed by atoms with Gasteiger partial charge in [0.05, 0.1) is 6.54 Å². The second-order valence-electron chi connectivity index (χ2n) is 6.97. The number of amides is 1. The molecule has 1 heterocycles. The number of hydrogen-bond donors (Lipinski definition) is 1. The Balaban J connectivity index is 1.43. The topological polar surface area (TPSA) is 35.6 Å². The molecule has 2 aromatic carbocycles. The standard InChI is InChI=1S/C22H29N3O/c1-24(20-12-3-2-4-13-20)16-9-15-23-22(26)18-25-17-8-7-11-19-10-5-6-14-21(19)25/h2-6,10,12-14H,7-9,11,15-18H2,1H3,(H,23,26). The van der Waals surface area contributed by atoms with Crippen LogP contribution < -0.4 is 15.1 Å². The Labute approximate surface area is 156 Å². The normalized spacial score (nSPS) is 13.7. The van der Waals surface area contributed by atoms with Crippen LogP contribution in [0.25, 0.3) is 0 Å². The molecule has 1 N–H and O–H groups in total. The summed E-state index contributed by atoms with van der Waals surface area (Å²) in [6.45, 7) is 3.05. The lowest BCUT2D eigenvalue weighted by Gasteiger charge is -2.24. The van der Waals surface area contributed by atoms with Gasteiger partial charge >= 0.3 is 0 Å². The fourth-order valence-electron chi connectivity index (χ4n) is 3.52. The van der Waals surface area contributed by atoms with Crippen molar-refractivity contribution in [1.82, 2.24) is 5.32 Å². The number of nitrogens with zero attached hydrogens (tertiary/aromatic N) is 2. The molecule has 1 aliphatic rings. The Morgan fingerprint density at radius 1 is 1.08 bits per heavy atom. The van der Waals surface area contributed by atoms with Gasteiger partial charge in [0.25, 0.3) is 0 Å². The molecule has 0 radical (unpaired) electrons. The second kappa shape index (κ2) is 9.27. The van der Waals surface area contributed by atoms with Gasteiger partial charge in [-0.1, -0.05) is 36.4 Å². The van der Waals surface area contributed by atoms with Crippen LogP contribution in [0.3, 0.4) is 0 Å². The van der Waals surface area contributed by atoms with Crippen molar-refractivity contribution >= 4 is 17.3 Å². The number of benzene rings is 2. The molecule has 1 amide bonds. The smallest absolute Gasteiger partial charge is 0.239 e. The molecule has 0 fully saturated rings. The van der Waals surface area contributed by atoms with Gasteiger partial charge in [0.2, 0.25) is 5.91 Å². The number of hydrogen-bond acceptors (Lipinski definition) is 3. The van der Waals surface area contributed by atoms with Crippen molar-refractivity contribution in [1.29, 1.82) is 0 Å². The molecule has 4 nitrogen and oxygen atoms in total. The number of rotatable bonds is 7. The molecule has 0 aromatic heterocycles. The van der Waals surface area contributed by atoms with Gasteiger partial charge in [-0.25, -0.2) is 0 Å². The van der Waals surface area contributed by atoms with Gasteiger partial charge in [0.15, 0.2) is 0 Å². The van der Waals surface area contributed by atoms with Crippen molar-refractivity contribution in [2.75, 3.05) is 43.0 Å². The zero-order chi connectivity index (χ0) is 18.2. The molecule has 0 saturated heterocycles. The molecule has 0 spiro atoms. The lowest BCUT2D eigenvalue weighted by molar-refractivity contribution is -0.119. The van der Waals surface area contributed by atoms with E-state index in [1.807, 2.05) is 18.2 Å². The SMILES string of the molecule is CN(CCCNC(=O)CN1CCCCc2ccccc21)c1ccccc1. The number of aryl methyl sites for hydroxylation is 1. The molecular formula is C22H29N3O. The first-order chi connectivity index (χ1) is 12.7. The van der Waals surface area contributed by atoms with E-state index in [2.05, 4.69) is 58.6 Å². The van der Waals surface area contributed by atoms with Crippen LogP contribution in [-0.2, 0) is 11.2 Å². The number of fused-ring (bicyclic) bond motifs is 1. The minimum atomic E-state index is 0.115. The van der Waals surface area contributed by atoms with Crippen LogP contribution in [0.15, 0.2) is 54.6 Å². The van der Waals surface area contributed by atoms with Crippen molar-refractivity contribution in [3.8, 4) is 0 Å². The number of anilines is 2. The average molecular weight is 351 g/mol. The first kappa shape index (κ1) is 18.3. The third kappa shape index (κ3) is 5.01. The molecule has 0 unspecified atom stereocenters. The van der Waals surface area contributed by atoms with Crippen molar-refractivity contribution in [2.45, 2.75) is 25.7 Å². The zero-order valence-corrected chi connectivity index (χ0v) is 15.7. The van der Waals surface area contributed by atoms with E-state index in [0.29, 0.717) is 13.1 Å². The molecule has 26 heavy (non-hydrogen) atoms.